The standard InChI is InChI=1S/C20H18FN3O/c21-18-9-17-10-19(24-20(17)23-11-18)16-3-1-14(2-4-16)12-25-13-15-5-7-22-8-6-15/h1-9,11,19H,10,12-13H2,(H,23,24). The topological polar surface area (TPSA) is 47.0 Å². The van der Waals surface area contributed by atoms with Crippen LogP contribution >= 0.6 is 0 Å². The highest BCUT2D eigenvalue weighted by atomic mass is 19.1. The lowest BCUT2D eigenvalue weighted by atomic mass is 10.0. The van der Waals surface area contributed by atoms with Gasteiger partial charge in [0, 0.05) is 18.8 Å². The fraction of sp³-hybridized carbons (Fsp3) is 0.200. The Morgan fingerprint density at radius 2 is 1.76 bits per heavy atom. The average Bonchev–Trinajstić information content (AvgIpc) is 3.06. The monoisotopic (exact) mass is 335 g/mol. The molecule has 0 radical (unpaired) electrons. The number of benzene rings is 1. The molecule has 1 aliphatic heterocycles. The van der Waals surface area contributed by atoms with E-state index in [0.717, 1.165) is 34.5 Å². The van der Waals surface area contributed by atoms with Crippen LogP contribution in [0.15, 0.2) is 61.1 Å². The molecule has 1 N–H and O–H groups in total. The lowest BCUT2D eigenvalue weighted by Gasteiger charge is -2.12. The largest absolute Gasteiger partial charge is 0.372 e. The molecule has 2 aromatic heterocycles. The first kappa shape index (κ1) is 15.7. The molecule has 0 amide bonds. The van der Waals surface area contributed by atoms with E-state index in [1.54, 1.807) is 18.5 Å². The Labute approximate surface area is 145 Å². The number of halogens is 1. The maximum atomic E-state index is 13.3. The molecule has 0 bridgehead atoms. The van der Waals surface area contributed by atoms with Gasteiger partial charge in [0.25, 0.3) is 0 Å². The van der Waals surface area contributed by atoms with E-state index in [-0.39, 0.29) is 11.9 Å². The minimum atomic E-state index is -0.289. The van der Waals surface area contributed by atoms with Crippen LogP contribution in [-0.4, -0.2) is 9.97 Å². The number of aromatic nitrogens is 2. The zero-order valence-corrected chi connectivity index (χ0v) is 13.7. The first-order valence-corrected chi connectivity index (χ1v) is 8.24. The third kappa shape index (κ3) is 3.67. The third-order valence-electron chi connectivity index (χ3n) is 4.34. The lowest BCUT2D eigenvalue weighted by Crippen LogP contribution is -2.06. The van der Waals surface area contributed by atoms with E-state index < -0.39 is 0 Å². The molecule has 0 aliphatic carbocycles. The molecular formula is C20H18FN3O. The van der Waals surface area contributed by atoms with Gasteiger partial charge in [0.15, 0.2) is 0 Å². The molecule has 0 saturated heterocycles. The van der Waals surface area contributed by atoms with Crippen LogP contribution in [0.3, 0.4) is 0 Å². The van der Waals surface area contributed by atoms with Crippen LogP contribution in [0.1, 0.15) is 28.3 Å². The Kier molecular flexibility index (Phi) is 4.39. The molecule has 0 spiro atoms. The van der Waals surface area contributed by atoms with Gasteiger partial charge in [0.1, 0.15) is 11.6 Å². The summed E-state index contributed by atoms with van der Waals surface area (Å²) >= 11 is 0. The summed E-state index contributed by atoms with van der Waals surface area (Å²) in [7, 11) is 0. The van der Waals surface area contributed by atoms with Crippen molar-refractivity contribution < 1.29 is 9.13 Å². The van der Waals surface area contributed by atoms with E-state index in [4.69, 9.17) is 4.74 Å². The van der Waals surface area contributed by atoms with E-state index in [1.807, 2.05) is 12.1 Å². The second-order valence-corrected chi connectivity index (χ2v) is 6.15. The van der Waals surface area contributed by atoms with Gasteiger partial charge in [-0.25, -0.2) is 9.37 Å². The number of hydrogen-bond donors (Lipinski definition) is 1. The lowest BCUT2D eigenvalue weighted by molar-refractivity contribution is 0.107. The molecule has 4 rings (SSSR count). The van der Waals surface area contributed by atoms with E-state index in [0.29, 0.717) is 13.2 Å². The van der Waals surface area contributed by atoms with Crippen LogP contribution < -0.4 is 5.32 Å². The van der Waals surface area contributed by atoms with Gasteiger partial charge in [-0.2, -0.15) is 0 Å². The van der Waals surface area contributed by atoms with Crippen LogP contribution in [0.5, 0.6) is 0 Å². The Morgan fingerprint density at radius 3 is 2.52 bits per heavy atom. The van der Waals surface area contributed by atoms with Gasteiger partial charge < -0.3 is 10.1 Å². The van der Waals surface area contributed by atoms with E-state index in [1.165, 1.54) is 6.20 Å². The highest BCUT2D eigenvalue weighted by molar-refractivity contribution is 5.52. The second-order valence-electron chi connectivity index (χ2n) is 6.15. The Bertz CT molecular complexity index is 853. The molecule has 1 aliphatic rings. The van der Waals surface area contributed by atoms with Gasteiger partial charge in [-0.15, -0.1) is 0 Å². The van der Waals surface area contributed by atoms with Crippen LogP contribution in [-0.2, 0) is 24.4 Å². The third-order valence-corrected chi connectivity index (χ3v) is 4.34. The highest BCUT2D eigenvalue weighted by Crippen LogP contribution is 2.32. The van der Waals surface area contributed by atoms with Crippen LogP contribution in [0.2, 0.25) is 0 Å². The molecule has 1 atom stereocenters. The van der Waals surface area contributed by atoms with Gasteiger partial charge in [-0.05, 0) is 40.5 Å². The van der Waals surface area contributed by atoms with Crippen molar-refractivity contribution in [1.82, 2.24) is 9.97 Å². The quantitative estimate of drug-likeness (QED) is 0.764. The Morgan fingerprint density at radius 1 is 1.04 bits per heavy atom. The van der Waals surface area contributed by atoms with Crippen LogP contribution in [0.25, 0.3) is 0 Å². The average molecular weight is 335 g/mol. The fourth-order valence-corrected chi connectivity index (χ4v) is 3.02. The zero-order valence-electron chi connectivity index (χ0n) is 13.7. The van der Waals surface area contributed by atoms with Gasteiger partial charge in [0.2, 0.25) is 0 Å². The summed E-state index contributed by atoms with van der Waals surface area (Å²) in [6, 6.07) is 13.9. The molecule has 0 saturated carbocycles. The molecule has 5 heteroatoms. The molecule has 1 aromatic carbocycles. The molecule has 126 valence electrons. The van der Waals surface area contributed by atoms with Gasteiger partial charge in [-0.1, -0.05) is 24.3 Å². The predicted octanol–water partition coefficient (Wildman–Crippen LogP) is 4.04. The van der Waals surface area contributed by atoms with Crippen molar-refractivity contribution in [2.45, 2.75) is 25.7 Å². The molecule has 25 heavy (non-hydrogen) atoms. The van der Waals surface area contributed by atoms with E-state index >= 15 is 0 Å². The highest BCUT2D eigenvalue weighted by Gasteiger charge is 2.23. The predicted molar refractivity (Wildman–Crippen MR) is 93.4 cm³/mol. The number of nitrogens with zero attached hydrogens (tertiary/aromatic N) is 2. The van der Waals surface area contributed by atoms with Crippen LogP contribution in [0, 0.1) is 5.82 Å². The Hall–Kier alpha value is -2.79. The van der Waals surface area contributed by atoms with E-state index in [9.17, 15) is 4.39 Å². The summed E-state index contributed by atoms with van der Waals surface area (Å²) < 4.78 is 19.0. The number of nitrogens with one attached hydrogen (secondary N) is 1. The van der Waals surface area contributed by atoms with Gasteiger partial charge in [-0.3, -0.25) is 4.98 Å². The number of anilines is 1. The number of rotatable bonds is 5. The maximum absolute atomic E-state index is 13.3. The van der Waals surface area contributed by atoms with Crippen molar-refractivity contribution in [2.24, 2.45) is 0 Å². The summed E-state index contributed by atoms with van der Waals surface area (Å²) in [5.41, 5.74) is 4.32. The maximum Gasteiger partial charge on any atom is 0.141 e. The first-order valence-electron chi connectivity index (χ1n) is 8.24. The van der Waals surface area contributed by atoms with Gasteiger partial charge in [0.05, 0.1) is 25.5 Å². The molecule has 1 unspecified atom stereocenters. The van der Waals surface area contributed by atoms with E-state index in [2.05, 4.69) is 39.6 Å². The number of ether oxygens (including phenoxy) is 1. The van der Waals surface area contributed by atoms with Crippen molar-refractivity contribution in [3.8, 4) is 0 Å². The fourth-order valence-electron chi connectivity index (χ4n) is 3.02. The summed E-state index contributed by atoms with van der Waals surface area (Å²) in [6.45, 7) is 1.13. The van der Waals surface area contributed by atoms with Crippen molar-refractivity contribution in [3.05, 3.63) is 89.1 Å². The van der Waals surface area contributed by atoms with Crippen LogP contribution in [0.4, 0.5) is 10.2 Å². The molecule has 4 nitrogen and oxygen atoms in total. The normalized spacial score (nSPS) is 15.6. The summed E-state index contributed by atoms with van der Waals surface area (Å²) in [5, 5.41) is 3.35. The molecule has 3 aromatic rings. The number of pyridine rings is 2. The van der Waals surface area contributed by atoms with Gasteiger partial charge >= 0.3 is 0 Å². The second kappa shape index (κ2) is 6.99. The summed E-state index contributed by atoms with van der Waals surface area (Å²) in [6.07, 6.45) is 5.52. The number of fused-ring (bicyclic) bond motifs is 1. The molecular weight excluding hydrogens is 317 g/mol. The summed E-state index contributed by atoms with van der Waals surface area (Å²) in [4.78, 5) is 8.10. The zero-order chi connectivity index (χ0) is 17.1. The Balaban J connectivity index is 1.35. The smallest absolute Gasteiger partial charge is 0.141 e. The van der Waals surface area contributed by atoms with Crippen molar-refractivity contribution in [2.75, 3.05) is 5.32 Å². The minimum absolute atomic E-state index is 0.135. The van der Waals surface area contributed by atoms with Crippen molar-refractivity contribution in [1.29, 1.82) is 0 Å². The SMILES string of the molecule is Fc1cnc2c(c1)CC(c1ccc(COCc3ccncc3)cc1)N2. The van der Waals surface area contributed by atoms with Crippen molar-refractivity contribution >= 4 is 5.82 Å². The minimum Gasteiger partial charge on any atom is -0.372 e. The van der Waals surface area contributed by atoms with Crippen molar-refractivity contribution in [3.63, 3.8) is 0 Å². The summed E-state index contributed by atoms with van der Waals surface area (Å²) in [5.74, 6) is 0.485. The number of hydrogen-bond acceptors (Lipinski definition) is 4. The molecule has 0 fully saturated rings. The first-order chi connectivity index (χ1) is 12.3. The molecule has 3 heterocycles.